The van der Waals surface area contributed by atoms with Gasteiger partial charge >= 0.3 is 0 Å². The van der Waals surface area contributed by atoms with Gasteiger partial charge in [0, 0.05) is 7.05 Å². The van der Waals surface area contributed by atoms with Crippen LogP contribution in [0.5, 0.6) is 0 Å². The zero-order valence-corrected chi connectivity index (χ0v) is 12.1. The summed E-state index contributed by atoms with van der Waals surface area (Å²) < 4.78 is 6.29. The maximum absolute atomic E-state index is 9.95. The van der Waals surface area contributed by atoms with Crippen LogP contribution in [0.2, 0.25) is 0 Å². The number of likely N-dealkylation sites (N-methyl/N-ethyl adjacent to an activating group) is 2. The summed E-state index contributed by atoms with van der Waals surface area (Å²) in [7, 11) is 6.10. The van der Waals surface area contributed by atoms with Crippen LogP contribution in [-0.4, -0.2) is 57.3 Å². The smallest absolute Gasteiger partial charge is 0.243 e. The van der Waals surface area contributed by atoms with Crippen LogP contribution in [0.1, 0.15) is 13.3 Å². The number of halogens is 1. The quantitative estimate of drug-likeness (QED) is 0.348. The van der Waals surface area contributed by atoms with Gasteiger partial charge in [-0.1, -0.05) is 13.5 Å². The van der Waals surface area contributed by atoms with E-state index in [4.69, 9.17) is 4.74 Å². The third-order valence-electron chi connectivity index (χ3n) is 2.36. The molecule has 0 spiro atoms. The first-order valence-corrected chi connectivity index (χ1v) is 5.73. The molecule has 4 nitrogen and oxygen atoms in total. The molecule has 0 aromatic rings. The van der Waals surface area contributed by atoms with Crippen LogP contribution in [0.3, 0.4) is 0 Å². The summed E-state index contributed by atoms with van der Waals surface area (Å²) in [5.41, 5.74) is 0. The lowest BCUT2D eigenvalue weighted by Crippen LogP contribution is -3.00. The zero-order chi connectivity index (χ0) is 12.6. The predicted molar refractivity (Wildman–Crippen MR) is 66.1 cm³/mol. The summed E-state index contributed by atoms with van der Waals surface area (Å²) >= 11 is 0. The number of hydrogen-bond donors (Lipinski definition) is 1. The van der Waals surface area contributed by atoms with Crippen molar-refractivity contribution in [3.8, 4) is 0 Å². The summed E-state index contributed by atoms with van der Waals surface area (Å²) in [5, 5.41) is 2.36. The Morgan fingerprint density at radius 1 is 1.59 bits per heavy atom. The Kier molecular flexibility index (Phi) is 10.4. The van der Waals surface area contributed by atoms with Crippen molar-refractivity contribution >= 4 is 5.91 Å². The minimum Gasteiger partial charge on any atom is -1.00 e. The highest BCUT2D eigenvalue weighted by Crippen LogP contribution is 2.13. The summed E-state index contributed by atoms with van der Waals surface area (Å²) in [6.07, 6.45) is 3.06. The van der Waals surface area contributed by atoms with Gasteiger partial charge in [0.25, 0.3) is 0 Å². The molecule has 1 fully saturated rings. The number of amides is 1. The summed E-state index contributed by atoms with van der Waals surface area (Å²) in [6.45, 7) is 8.89. The molecule has 0 saturated carbocycles. The van der Waals surface area contributed by atoms with Crippen LogP contribution in [0.4, 0.5) is 0 Å². The highest BCUT2D eigenvalue weighted by atomic mass is 35.5. The highest BCUT2D eigenvalue weighted by molar-refractivity contribution is 5.86. The Labute approximate surface area is 111 Å². The van der Waals surface area contributed by atoms with E-state index in [1.54, 1.807) is 7.05 Å². The molecule has 1 N–H and O–H groups in total. The van der Waals surface area contributed by atoms with Gasteiger partial charge in [0.15, 0.2) is 0 Å². The van der Waals surface area contributed by atoms with Crippen LogP contribution < -0.4 is 17.7 Å². The molecule has 1 aliphatic heterocycles. The maximum Gasteiger partial charge on any atom is 0.243 e. The van der Waals surface area contributed by atoms with Crippen molar-refractivity contribution in [1.82, 2.24) is 5.32 Å². The first-order chi connectivity index (χ1) is 7.45. The number of nitrogens with zero attached hydrogens (tertiary/aromatic N) is 1. The molecule has 0 aromatic carbocycles. The molecule has 1 saturated heterocycles. The largest absolute Gasteiger partial charge is 1.00 e. The Morgan fingerprint density at radius 2 is 2.12 bits per heavy atom. The third kappa shape index (κ3) is 11.7. The van der Waals surface area contributed by atoms with Crippen molar-refractivity contribution in [3.63, 3.8) is 0 Å². The highest BCUT2D eigenvalue weighted by Gasteiger charge is 2.30. The van der Waals surface area contributed by atoms with E-state index in [1.807, 2.05) is 0 Å². The molecular weight excluding hydrogens is 240 g/mol. The van der Waals surface area contributed by atoms with E-state index in [0.717, 1.165) is 11.1 Å². The van der Waals surface area contributed by atoms with Crippen molar-refractivity contribution in [2.24, 2.45) is 0 Å². The van der Waals surface area contributed by atoms with Gasteiger partial charge in [-0.25, -0.2) is 0 Å². The standard InChI is InChI=1S/C8H18NO.C4H7NO.ClH/c1-4-5-9(2,3)6-8-7-10-8;1-3-4(6)5-2;/h8H,4-7H2,1-3H3;3H,1H2,2H3,(H,5,6);1H/q+1;;/p-1. The summed E-state index contributed by atoms with van der Waals surface area (Å²) in [5.74, 6) is -0.144. The van der Waals surface area contributed by atoms with Crippen LogP contribution in [-0.2, 0) is 9.53 Å². The summed E-state index contributed by atoms with van der Waals surface area (Å²) in [4.78, 5) is 9.95. The fourth-order valence-electron chi connectivity index (χ4n) is 1.52. The SMILES string of the molecule is C=CC(=O)NC.CCC[N+](C)(C)CC1CO1.[Cl-]. The van der Waals surface area contributed by atoms with E-state index in [2.05, 4.69) is 32.9 Å². The van der Waals surface area contributed by atoms with Crippen LogP contribution >= 0.6 is 0 Å². The number of rotatable bonds is 5. The first-order valence-electron chi connectivity index (χ1n) is 5.73. The van der Waals surface area contributed by atoms with Gasteiger partial charge in [0.05, 0.1) is 27.2 Å². The Morgan fingerprint density at radius 3 is 2.35 bits per heavy atom. The molecular formula is C12H25ClN2O2. The summed E-state index contributed by atoms with van der Waals surface area (Å²) in [6, 6.07) is 0. The number of carbonyl (C=O) groups is 1. The molecule has 0 bridgehead atoms. The lowest BCUT2D eigenvalue weighted by Gasteiger charge is -2.28. The van der Waals surface area contributed by atoms with Crippen molar-refractivity contribution in [2.75, 3.05) is 40.8 Å². The average molecular weight is 265 g/mol. The van der Waals surface area contributed by atoms with E-state index in [-0.39, 0.29) is 18.3 Å². The molecule has 17 heavy (non-hydrogen) atoms. The van der Waals surface area contributed by atoms with Gasteiger partial charge in [-0.15, -0.1) is 0 Å². The number of epoxide rings is 1. The lowest BCUT2D eigenvalue weighted by molar-refractivity contribution is -0.890. The van der Waals surface area contributed by atoms with Crippen LogP contribution in [0.15, 0.2) is 12.7 Å². The normalized spacial score (nSPS) is 17.1. The average Bonchev–Trinajstić information content (AvgIpc) is 3.00. The molecule has 102 valence electrons. The molecule has 1 rings (SSSR count). The topological polar surface area (TPSA) is 41.6 Å². The predicted octanol–water partition coefficient (Wildman–Crippen LogP) is -2.21. The van der Waals surface area contributed by atoms with E-state index < -0.39 is 0 Å². The number of quaternary nitrogens is 1. The minimum atomic E-state index is -0.144. The van der Waals surface area contributed by atoms with Crippen molar-refractivity contribution in [1.29, 1.82) is 0 Å². The Hall–Kier alpha value is -0.580. The fraction of sp³-hybridized carbons (Fsp3) is 0.750. The van der Waals surface area contributed by atoms with E-state index in [1.165, 1.54) is 25.6 Å². The molecule has 5 heteroatoms. The number of hydrogen-bond acceptors (Lipinski definition) is 2. The zero-order valence-electron chi connectivity index (χ0n) is 11.3. The number of nitrogens with one attached hydrogen (secondary N) is 1. The fourth-order valence-corrected chi connectivity index (χ4v) is 1.52. The second-order valence-electron chi connectivity index (χ2n) is 4.62. The lowest BCUT2D eigenvalue weighted by atomic mass is 10.3. The van der Waals surface area contributed by atoms with Gasteiger partial charge in [-0.2, -0.15) is 0 Å². The van der Waals surface area contributed by atoms with E-state index in [0.29, 0.717) is 6.10 Å². The van der Waals surface area contributed by atoms with E-state index >= 15 is 0 Å². The minimum absolute atomic E-state index is 0. The molecule has 1 aliphatic rings. The van der Waals surface area contributed by atoms with Gasteiger partial charge in [0.2, 0.25) is 5.91 Å². The molecule has 1 amide bonds. The molecule has 0 aromatic heterocycles. The molecule has 1 unspecified atom stereocenters. The van der Waals surface area contributed by atoms with Crippen molar-refractivity contribution < 1.29 is 26.4 Å². The molecule has 0 radical (unpaired) electrons. The maximum atomic E-state index is 9.95. The number of carbonyl (C=O) groups excluding carboxylic acids is 1. The Balaban J connectivity index is 0. The first kappa shape index (κ1) is 18.8. The van der Waals surface area contributed by atoms with E-state index in [9.17, 15) is 4.79 Å². The Bertz CT molecular complexity index is 229. The van der Waals surface area contributed by atoms with Gasteiger partial charge < -0.3 is 26.9 Å². The second-order valence-corrected chi connectivity index (χ2v) is 4.62. The number of ether oxygens (including phenoxy) is 1. The van der Waals surface area contributed by atoms with Gasteiger partial charge in [-0.05, 0) is 12.5 Å². The van der Waals surface area contributed by atoms with Crippen LogP contribution in [0.25, 0.3) is 0 Å². The molecule has 0 aliphatic carbocycles. The van der Waals surface area contributed by atoms with Crippen molar-refractivity contribution in [3.05, 3.63) is 12.7 Å². The van der Waals surface area contributed by atoms with Gasteiger partial charge in [-0.3, -0.25) is 4.79 Å². The molecule has 1 heterocycles. The monoisotopic (exact) mass is 264 g/mol. The van der Waals surface area contributed by atoms with Crippen LogP contribution in [0, 0.1) is 0 Å². The molecule has 1 atom stereocenters. The van der Waals surface area contributed by atoms with Gasteiger partial charge in [0.1, 0.15) is 12.6 Å². The third-order valence-corrected chi connectivity index (χ3v) is 2.36. The van der Waals surface area contributed by atoms with Crippen molar-refractivity contribution in [2.45, 2.75) is 19.4 Å². The second kappa shape index (κ2) is 9.45.